The monoisotopic (exact) mass is 164 g/mol. The van der Waals surface area contributed by atoms with Crippen molar-refractivity contribution in [1.82, 2.24) is 0 Å². The first-order chi connectivity index (χ1) is 4.95. The number of alkyl halides is 3. The first kappa shape index (κ1) is 10.3. The van der Waals surface area contributed by atoms with E-state index < -0.39 is 12.6 Å². The molecule has 0 aliphatic carbocycles. The molecule has 0 rings (SSSR count). The summed E-state index contributed by atoms with van der Waals surface area (Å²) in [5, 5.41) is 0. The zero-order chi connectivity index (χ0) is 8.91. The van der Waals surface area contributed by atoms with Crippen molar-refractivity contribution in [2.24, 2.45) is 0 Å². The maximum absolute atomic E-state index is 11.6. The van der Waals surface area contributed by atoms with E-state index in [1.807, 2.05) is 6.92 Å². The minimum absolute atomic E-state index is 0.111. The van der Waals surface area contributed by atoms with Gasteiger partial charge in [-0.3, -0.25) is 0 Å². The van der Waals surface area contributed by atoms with Gasteiger partial charge in [-0.1, -0.05) is 25.7 Å². The largest absolute Gasteiger partial charge is 0.393 e. The smallest absolute Gasteiger partial charge is 0.171 e. The molecule has 0 saturated heterocycles. The highest BCUT2D eigenvalue weighted by Crippen LogP contribution is 2.23. The minimum Gasteiger partial charge on any atom is -0.171 e. The summed E-state index contributed by atoms with van der Waals surface area (Å²) in [6.45, 7) is 5.13. The molecule has 0 heterocycles. The third-order valence-electron chi connectivity index (χ3n) is 1.02. The number of halogens is 3. The molecule has 0 bridgehead atoms. The summed E-state index contributed by atoms with van der Waals surface area (Å²) in [7, 11) is 0. The lowest BCUT2D eigenvalue weighted by molar-refractivity contribution is -0.126. The third kappa shape index (κ3) is 7.16. The molecular weight excluding hydrogens is 153 g/mol. The van der Waals surface area contributed by atoms with Gasteiger partial charge in [0.05, 0.1) is 6.42 Å². The van der Waals surface area contributed by atoms with E-state index in [1.165, 1.54) is 6.08 Å². The van der Waals surface area contributed by atoms with Crippen LogP contribution in [-0.2, 0) is 0 Å². The Balaban J connectivity index is 3.80. The maximum Gasteiger partial charge on any atom is 0.393 e. The molecule has 0 atom stereocenters. The zero-order valence-electron chi connectivity index (χ0n) is 6.41. The van der Waals surface area contributed by atoms with Crippen LogP contribution in [0.25, 0.3) is 0 Å². The summed E-state index contributed by atoms with van der Waals surface area (Å²) in [5.74, 6) is 0. The van der Waals surface area contributed by atoms with E-state index in [0.29, 0.717) is 0 Å². The van der Waals surface area contributed by atoms with Gasteiger partial charge in [0.25, 0.3) is 0 Å². The summed E-state index contributed by atoms with van der Waals surface area (Å²) >= 11 is 0. The summed E-state index contributed by atoms with van der Waals surface area (Å²) in [4.78, 5) is 0. The Morgan fingerprint density at radius 2 is 2.00 bits per heavy atom. The third-order valence-corrected chi connectivity index (χ3v) is 1.02. The van der Waals surface area contributed by atoms with Crippen LogP contribution in [0.15, 0.2) is 24.3 Å². The molecule has 3 heteroatoms. The fourth-order valence-electron chi connectivity index (χ4n) is 0.601. The lowest BCUT2D eigenvalue weighted by atomic mass is 10.2. The molecule has 0 amide bonds. The van der Waals surface area contributed by atoms with Crippen molar-refractivity contribution in [3.05, 3.63) is 24.3 Å². The Labute approximate surface area is 64.4 Å². The molecule has 0 saturated carbocycles. The molecule has 0 nitrogen and oxygen atoms in total. The van der Waals surface area contributed by atoms with Crippen molar-refractivity contribution < 1.29 is 13.2 Å². The highest BCUT2D eigenvalue weighted by Gasteiger charge is 2.27. The Morgan fingerprint density at radius 3 is 2.36 bits per heavy atom. The van der Waals surface area contributed by atoms with Crippen LogP contribution in [0, 0.1) is 0 Å². The van der Waals surface area contributed by atoms with Crippen LogP contribution in [0.4, 0.5) is 13.2 Å². The molecule has 0 fully saturated rings. The van der Waals surface area contributed by atoms with Crippen molar-refractivity contribution in [2.45, 2.75) is 25.9 Å². The first-order valence-electron chi connectivity index (χ1n) is 3.36. The van der Waals surface area contributed by atoms with Crippen LogP contribution in [0.2, 0.25) is 0 Å². The zero-order valence-corrected chi connectivity index (χ0v) is 6.41. The van der Waals surface area contributed by atoms with E-state index >= 15 is 0 Å². The summed E-state index contributed by atoms with van der Waals surface area (Å²) in [5.41, 5.74) is 0.111. The van der Waals surface area contributed by atoms with E-state index in [4.69, 9.17) is 0 Å². The molecule has 0 unspecified atom stereocenters. The predicted octanol–water partition coefficient (Wildman–Crippen LogP) is 3.46. The lowest BCUT2D eigenvalue weighted by Crippen LogP contribution is -2.06. The van der Waals surface area contributed by atoms with E-state index in [2.05, 4.69) is 6.58 Å². The molecule has 64 valence electrons. The standard InChI is InChI=1S/C8H11F3/c1-3-4-5-7(2)6-8(9,10)11/h4-5H,2-3,6H2,1H3. The highest BCUT2D eigenvalue weighted by atomic mass is 19.4. The van der Waals surface area contributed by atoms with Crippen LogP contribution in [-0.4, -0.2) is 6.18 Å². The maximum atomic E-state index is 11.6. The Kier molecular flexibility index (Phi) is 3.93. The first-order valence-corrected chi connectivity index (χ1v) is 3.36. The molecule has 11 heavy (non-hydrogen) atoms. The second-order valence-electron chi connectivity index (χ2n) is 2.26. The second kappa shape index (κ2) is 4.21. The summed E-state index contributed by atoms with van der Waals surface area (Å²) < 4.78 is 34.9. The van der Waals surface area contributed by atoms with E-state index in [1.54, 1.807) is 6.08 Å². The van der Waals surface area contributed by atoms with Crippen molar-refractivity contribution in [3.8, 4) is 0 Å². The molecule has 0 aliphatic heterocycles. The molecule has 0 aliphatic rings. The minimum atomic E-state index is -4.13. The van der Waals surface area contributed by atoms with Gasteiger partial charge >= 0.3 is 6.18 Å². The van der Waals surface area contributed by atoms with Crippen molar-refractivity contribution in [3.63, 3.8) is 0 Å². The van der Waals surface area contributed by atoms with E-state index in [-0.39, 0.29) is 5.57 Å². The van der Waals surface area contributed by atoms with E-state index in [9.17, 15) is 13.2 Å². The molecule has 0 spiro atoms. The van der Waals surface area contributed by atoms with Gasteiger partial charge in [0, 0.05) is 0 Å². The van der Waals surface area contributed by atoms with Crippen LogP contribution in [0.1, 0.15) is 19.8 Å². The molecule has 0 N–H and O–H groups in total. The number of rotatable bonds is 3. The van der Waals surface area contributed by atoms with Crippen LogP contribution < -0.4 is 0 Å². The van der Waals surface area contributed by atoms with Crippen LogP contribution >= 0.6 is 0 Å². The van der Waals surface area contributed by atoms with Crippen LogP contribution in [0.5, 0.6) is 0 Å². The molecule has 0 aromatic carbocycles. The van der Waals surface area contributed by atoms with Gasteiger partial charge < -0.3 is 0 Å². The van der Waals surface area contributed by atoms with Gasteiger partial charge in [-0.05, 0) is 12.0 Å². The number of hydrogen-bond donors (Lipinski definition) is 0. The van der Waals surface area contributed by atoms with Gasteiger partial charge in [0.15, 0.2) is 0 Å². The Morgan fingerprint density at radius 1 is 1.45 bits per heavy atom. The quantitative estimate of drug-likeness (QED) is 0.560. The molecular formula is C8H11F3. The van der Waals surface area contributed by atoms with Gasteiger partial charge in [-0.15, -0.1) is 0 Å². The van der Waals surface area contributed by atoms with Crippen molar-refractivity contribution in [2.75, 3.05) is 0 Å². The normalized spacial score (nSPS) is 12.4. The van der Waals surface area contributed by atoms with E-state index in [0.717, 1.165) is 6.42 Å². The average Bonchev–Trinajstić information content (AvgIpc) is 1.79. The summed E-state index contributed by atoms with van der Waals surface area (Å²) in [6.07, 6.45) is -1.24. The fraction of sp³-hybridized carbons (Fsp3) is 0.500. The molecule has 0 radical (unpaired) electrons. The van der Waals surface area contributed by atoms with Gasteiger partial charge in [-0.2, -0.15) is 13.2 Å². The van der Waals surface area contributed by atoms with Crippen molar-refractivity contribution in [1.29, 1.82) is 0 Å². The van der Waals surface area contributed by atoms with Gasteiger partial charge in [-0.25, -0.2) is 0 Å². The fourth-order valence-corrected chi connectivity index (χ4v) is 0.601. The average molecular weight is 164 g/mol. The topological polar surface area (TPSA) is 0 Å². The second-order valence-corrected chi connectivity index (χ2v) is 2.26. The predicted molar refractivity (Wildman–Crippen MR) is 39.2 cm³/mol. The molecule has 0 aromatic heterocycles. The Hall–Kier alpha value is -0.730. The summed E-state index contributed by atoms with van der Waals surface area (Å²) in [6, 6.07) is 0. The number of allylic oxidation sites excluding steroid dienone is 3. The van der Waals surface area contributed by atoms with Crippen LogP contribution in [0.3, 0.4) is 0 Å². The van der Waals surface area contributed by atoms with Gasteiger partial charge in [0.1, 0.15) is 0 Å². The van der Waals surface area contributed by atoms with Gasteiger partial charge in [0.2, 0.25) is 0 Å². The number of hydrogen-bond acceptors (Lipinski definition) is 0. The Bertz CT molecular complexity index is 153. The lowest BCUT2D eigenvalue weighted by Gasteiger charge is -2.04. The SMILES string of the molecule is C=C(C=CCC)CC(F)(F)F. The molecule has 0 aromatic rings. The van der Waals surface area contributed by atoms with Crippen molar-refractivity contribution >= 4 is 0 Å². The highest BCUT2D eigenvalue weighted by molar-refractivity contribution is 5.14.